The minimum absolute atomic E-state index is 0.0464. The predicted octanol–water partition coefficient (Wildman–Crippen LogP) is 4.26. The van der Waals surface area contributed by atoms with Crippen LogP contribution in [0.25, 0.3) is 0 Å². The van der Waals surface area contributed by atoms with Crippen molar-refractivity contribution in [1.82, 2.24) is 4.90 Å². The highest BCUT2D eigenvalue weighted by Crippen LogP contribution is 2.24. The standard InChI is InChI=1S/C19H18N2O3S/c1-2-21(13-14-7-4-3-5-8-14)19(23)16-10-11-17(25-16)20-18(22)15-9-6-12-24-15/h3-12H,2,13H2,1H3,(H,20,22). The number of rotatable bonds is 6. The van der Waals surface area contributed by atoms with Gasteiger partial charge in [0.1, 0.15) is 0 Å². The molecule has 2 amide bonds. The van der Waals surface area contributed by atoms with E-state index in [1.54, 1.807) is 29.2 Å². The summed E-state index contributed by atoms with van der Waals surface area (Å²) in [6.07, 6.45) is 1.45. The monoisotopic (exact) mass is 354 g/mol. The van der Waals surface area contributed by atoms with Crippen molar-refractivity contribution in [3.8, 4) is 0 Å². The second-order valence-electron chi connectivity index (χ2n) is 5.40. The Labute approximate surface area is 149 Å². The largest absolute Gasteiger partial charge is 0.459 e. The van der Waals surface area contributed by atoms with Crippen LogP contribution in [-0.4, -0.2) is 23.3 Å². The molecule has 1 N–H and O–H groups in total. The van der Waals surface area contributed by atoms with Gasteiger partial charge in [0, 0.05) is 13.1 Å². The molecule has 0 bridgehead atoms. The number of hydrogen-bond acceptors (Lipinski definition) is 4. The number of nitrogens with zero attached hydrogens (tertiary/aromatic N) is 1. The third kappa shape index (κ3) is 4.16. The van der Waals surface area contributed by atoms with E-state index in [0.29, 0.717) is 23.0 Å². The van der Waals surface area contributed by atoms with Crippen molar-refractivity contribution in [1.29, 1.82) is 0 Å². The molecule has 0 aliphatic carbocycles. The van der Waals surface area contributed by atoms with Crippen LogP contribution >= 0.6 is 11.3 Å². The highest BCUT2D eigenvalue weighted by atomic mass is 32.1. The molecule has 0 radical (unpaired) electrons. The lowest BCUT2D eigenvalue weighted by Crippen LogP contribution is -2.29. The summed E-state index contributed by atoms with van der Waals surface area (Å²) >= 11 is 1.26. The first-order valence-corrected chi connectivity index (χ1v) is 8.77. The third-order valence-electron chi connectivity index (χ3n) is 3.68. The predicted molar refractivity (Wildman–Crippen MR) is 97.8 cm³/mol. The molecule has 0 aliphatic rings. The van der Waals surface area contributed by atoms with Crippen LogP contribution < -0.4 is 5.32 Å². The minimum atomic E-state index is -0.331. The second-order valence-corrected chi connectivity index (χ2v) is 6.48. The molecule has 0 atom stereocenters. The number of thiophene rings is 1. The van der Waals surface area contributed by atoms with E-state index in [9.17, 15) is 9.59 Å². The molecule has 128 valence electrons. The molecular formula is C19H18N2O3S. The van der Waals surface area contributed by atoms with E-state index in [-0.39, 0.29) is 17.6 Å². The Morgan fingerprint density at radius 2 is 1.88 bits per heavy atom. The molecule has 3 aromatic rings. The number of carbonyl (C=O) groups excluding carboxylic acids is 2. The zero-order chi connectivity index (χ0) is 17.6. The van der Waals surface area contributed by atoms with Crippen molar-refractivity contribution in [3.63, 3.8) is 0 Å². The fraction of sp³-hybridized carbons (Fsp3) is 0.158. The van der Waals surface area contributed by atoms with E-state index < -0.39 is 0 Å². The highest BCUT2D eigenvalue weighted by molar-refractivity contribution is 7.18. The molecule has 6 heteroatoms. The van der Waals surface area contributed by atoms with E-state index in [4.69, 9.17) is 4.42 Å². The summed E-state index contributed by atoms with van der Waals surface area (Å²) in [5.41, 5.74) is 1.08. The zero-order valence-corrected chi connectivity index (χ0v) is 14.6. The lowest BCUT2D eigenvalue weighted by molar-refractivity contribution is 0.0757. The zero-order valence-electron chi connectivity index (χ0n) is 13.8. The average molecular weight is 354 g/mol. The molecule has 1 aromatic carbocycles. The topological polar surface area (TPSA) is 62.6 Å². The lowest BCUT2D eigenvalue weighted by Gasteiger charge is -2.20. The van der Waals surface area contributed by atoms with Crippen molar-refractivity contribution in [2.75, 3.05) is 11.9 Å². The summed E-state index contributed by atoms with van der Waals surface area (Å²) in [5.74, 6) is -0.141. The van der Waals surface area contributed by atoms with Gasteiger partial charge in [0.2, 0.25) is 0 Å². The maximum Gasteiger partial charge on any atom is 0.291 e. The van der Waals surface area contributed by atoms with Gasteiger partial charge in [-0.25, -0.2) is 0 Å². The van der Waals surface area contributed by atoms with Gasteiger partial charge in [0.15, 0.2) is 5.76 Å². The molecule has 5 nitrogen and oxygen atoms in total. The van der Waals surface area contributed by atoms with Crippen LogP contribution in [0.2, 0.25) is 0 Å². The van der Waals surface area contributed by atoms with Gasteiger partial charge in [-0.2, -0.15) is 0 Å². The molecule has 3 rings (SSSR count). The Morgan fingerprint density at radius 1 is 1.08 bits per heavy atom. The lowest BCUT2D eigenvalue weighted by atomic mass is 10.2. The molecule has 0 fully saturated rings. The van der Waals surface area contributed by atoms with E-state index in [1.807, 2.05) is 37.3 Å². The quantitative estimate of drug-likeness (QED) is 0.719. The van der Waals surface area contributed by atoms with Gasteiger partial charge in [0.05, 0.1) is 16.1 Å². The fourth-order valence-corrected chi connectivity index (χ4v) is 3.26. The smallest absolute Gasteiger partial charge is 0.291 e. The minimum Gasteiger partial charge on any atom is -0.459 e. The first-order chi connectivity index (χ1) is 12.2. The fourth-order valence-electron chi connectivity index (χ4n) is 2.39. The van der Waals surface area contributed by atoms with Crippen LogP contribution in [0.5, 0.6) is 0 Å². The van der Waals surface area contributed by atoms with E-state index in [2.05, 4.69) is 5.32 Å². The van der Waals surface area contributed by atoms with Gasteiger partial charge in [-0.15, -0.1) is 11.3 Å². The van der Waals surface area contributed by atoms with Crippen LogP contribution in [0.4, 0.5) is 5.00 Å². The van der Waals surface area contributed by atoms with Gasteiger partial charge in [-0.3, -0.25) is 9.59 Å². The van der Waals surface area contributed by atoms with E-state index in [0.717, 1.165) is 5.56 Å². The van der Waals surface area contributed by atoms with Crippen molar-refractivity contribution < 1.29 is 14.0 Å². The molecule has 0 saturated carbocycles. The summed E-state index contributed by atoms with van der Waals surface area (Å²) in [6.45, 7) is 3.12. The maximum atomic E-state index is 12.7. The Balaban J connectivity index is 1.67. The molecule has 0 spiro atoms. The number of anilines is 1. The highest BCUT2D eigenvalue weighted by Gasteiger charge is 2.18. The van der Waals surface area contributed by atoms with E-state index >= 15 is 0 Å². The van der Waals surface area contributed by atoms with Crippen LogP contribution in [0.3, 0.4) is 0 Å². The van der Waals surface area contributed by atoms with Gasteiger partial charge in [-0.05, 0) is 36.8 Å². The summed E-state index contributed by atoms with van der Waals surface area (Å²) in [6, 6.07) is 16.6. The molecule has 2 aromatic heterocycles. The molecule has 0 unspecified atom stereocenters. The van der Waals surface area contributed by atoms with Gasteiger partial charge >= 0.3 is 0 Å². The third-order valence-corrected chi connectivity index (χ3v) is 4.67. The first-order valence-electron chi connectivity index (χ1n) is 7.95. The molecular weight excluding hydrogens is 336 g/mol. The Kier molecular flexibility index (Phi) is 5.30. The van der Waals surface area contributed by atoms with Crippen molar-refractivity contribution >= 4 is 28.2 Å². The van der Waals surface area contributed by atoms with Crippen LogP contribution in [-0.2, 0) is 6.54 Å². The Bertz CT molecular complexity index is 841. The van der Waals surface area contributed by atoms with Gasteiger partial charge in [-0.1, -0.05) is 30.3 Å². The number of furan rings is 1. The molecule has 0 aliphatic heterocycles. The average Bonchev–Trinajstić information content (AvgIpc) is 3.32. The molecule has 2 heterocycles. The van der Waals surface area contributed by atoms with Crippen LogP contribution in [0.1, 0.15) is 32.7 Å². The Morgan fingerprint density at radius 3 is 2.56 bits per heavy atom. The van der Waals surface area contributed by atoms with Crippen LogP contribution in [0, 0.1) is 0 Å². The summed E-state index contributed by atoms with van der Waals surface area (Å²) < 4.78 is 5.06. The molecule has 25 heavy (non-hydrogen) atoms. The SMILES string of the molecule is CCN(Cc1ccccc1)C(=O)c1ccc(NC(=O)c2ccco2)s1. The number of nitrogens with one attached hydrogen (secondary N) is 1. The van der Waals surface area contributed by atoms with Crippen molar-refractivity contribution in [2.45, 2.75) is 13.5 Å². The second kappa shape index (κ2) is 7.81. The summed E-state index contributed by atoms with van der Waals surface area (Å²) in [4.78, 5) is 27.1. The van der Waals surface area contributed by atoms with Crippen molar-refractivity contribution in [2.24, 2.45) is 0 Å². The van der Waals surface area contributed by atoms with Crippen LogP contribution in [0.15, 0.2) is 65.3 Å². The van der Waals surface area contributed by atoms with Crippen molar-refractivity contribution in [3.05, 3.63) is 77.1 Å². The number of carbonyl (C=O) groups is 2. The summed E-state index contributed by atoms with van der Waals surface area (Å²) in [5, 5.41) is 3.35. The number of amides is 2. The number of benzene rings is 1. The maximum absolute atomic E-state index is 12.7. The van der Waals surface area contributed by atoms with E-state index in [1.165, 1.54) is 17.6 Å². The normalized spacial score (nSPS) is 10.4. The van der Waals surface area contributed by atoms with Gasteiger partial charge in [0.25, 0.3) is 11.8 Å². The number of hydrogen-bond donors (Lipinski definition) is 1. The molecule has 0 saturated heterocycles. The first kappa shape index (κ1) is 17.0. The summed E-state index contributed by atoms with van der Waals surface area (Å²) in [7, 11) is 0. The van der Waals surface area contributed by atoms with Gasteiger partial charge < -0.3 is 14.6 Å². The Hall–Kier alpha value is -2.86.